The zero-order valence-corrected chi connectivity index (χ0v) is 11.9. The summed E-state index contributed by atoms with van der Waals surface area (Å²) < 4.78 is 15.8. The smallest absolute Gasteiger partial charge is 0.351 e. The maximum atomic E-state index is 11.8. The van der Waals surface area contributed by atoms with Crippen molar-refractivity contribution in [3.05, 3.63) is 38.7 Å². The van der Waals surface area contributed by atoms with Crippen molar-refractivity contribution in [3.63, 3.8) is 0 Å². The van der Waals surface area contributed by atoms with Gasteiger partial charge in [-0.15, -0.1) is 0 Å². The summed E-state index contributed by atoms with van der Waals surface area (Å²) in [6.45, 7) is 1.86. The molecule has 0 unspecified atom stereocenters. The Morgan fingerprint density at radius 1 is 1.42 bits per heavy atom. The molecule has 0 saturated heterocycles. The van der Waals surface area contributed by atoms with Gasteiger partial charge in [0, 0.05) is 9.86 Å². The van der Waals surface area contributed by atoms with Gasteiger partial charge in [0.15, 0.2) is 11.3 Å². The molecule has 2 aromatic rings. The van der Waals surface area contributed by atoms with Crippen molar-refractivity contribution in [2.75, 3.05) is 13.7 Å². The van der Waals surface area contributed by atoms with E-state index in [-0.39, 0.29) is 17.8 Å². The molecule has 6 heteroatoms. The predicted octanol–water partition coefficient (Wildman–Crippen LogP) is 2.74. The highest BCUT2D eigenvalue weighted by atomic mass is 79.9. The van der Waals surface area contributed by atoms with Crippen LogP contribution in [0.5, 0.6) is 5.75 Å². The molecule has 5 nitrogen and oxygen atoms in total. The number of rotatable bonds is 3. The van der Waals surface area contributed by atoms with Gasteiger partial charge in [-0.3, -0.25) is 0 Å². The number of fused-ring (bicyclic) bond motifs is 1. The molecule has 1 heterocycles. The summed E-state index contributed by atoms with van der Waals surface area (Å²) in [7, 11) is 1.47. The zero-order chi connectivity index (χ0) is 14.0. The molecule has 0 spiro atoms. The Balaban J connectivity index is 2.72. The number of ether oxygens (including phenoxy) is 2. The maximum absolute atomic E-state index is 11.8. The van der Waals surface area contributed by atoms with E-state index in [1.165, 1.54) is 13.2 Å². The van der Waals surface area contributed by atoms with Crippen LogP contribution in [-0.2, 0) is 4.74 Å². The third-order valence-corrected chi connectivity index (χ3v) is 3.22. The Morgan fingerprint density at radius 2 is 2.16 bits per heavy atom. The van der Waals surface area contributed by atoms with Crippen molar-refractivity contribution < 1.29 is 18.7 Å². The lowest BCUT2D eigenvalue weighted by Gasteiger charge is -2.07. The number of benzene rings is 1. The Kier molecular flexibility index (Phi) is 3.90. The molecule has 1 aromatic carbocycles. The van der Waals surface area contributed by atoms with Gasteiger partial charge in [-0.05, 0) is 25.1 Å². The first-order valence-electron chi connectivity index (χ1n) is 5.56. The molecule has 0 fully saturated rings. The van der Waals surface area contributed by atoms with Crippen LogP contribution in [0.25, 0.3) is 11.0 Å². The highest BCUT2D eigenvalue weighted by Gasteiger charge is 2.17. The number of hydrogen-bond donors (Lipinski definition) is 0. The van der Waals surface area contributed by atoms with Crippen LogP contribution in [0.3, 0.4) is 0 Å². The summed E-state index contributed by atoms with van der Waals surface area (Å²) >= 11 is 3.34. The van der Waals surface area contributed by atoms with Crippen molar-refractivity contribution in [2.45, 2.75) is 6.92 Å². The Hall–Kier alpha value is -1.82. The number of hydrogen-bond acceptors (Lipinski definition) is 5. The highest BCUT2D eigenvalue weighted by Crippen LogP contribution is 2.31. The van der Waals surface area contributed by atoms with E-state index in [1.54, 1.807) is 19.1 Å². The molecular weight excluding hydrogens is 316 g/mol. The Morgan fingerprint density at radius 3 is 2.79 bits per heavy atom. The van der Waals surface area contributed by atoms with Gasteiger partial charge in [0.25, 0.3) is 0 Å². The fraction of sp³-hybridized carbons (Fsp3) is 0.231. The van der Waals surface area contributed by atoms with Crippen LogP contribution in [0.15, 0.2) is 31.9 Å². The topological polar surface area (TPSA) is 65.7 Å². The lowest BCUT2D eigenvalue weighted by molar-refractivity contribution is 0.0521. The van der Waals surface area contributed by atoms with Crippen molar-refractivity contribution >= 4 is 32.9 Å². The third-order valence-electron chi connectivity index (χ3n) is 2.53. The van der Waals surface area contributed by atoms with Crippen molar-refractivity contribution in [1.82, 2.24) is 0 Å². The van der Waals surface area contributed by atoms with E-state index in [0.717, 1.165) is 0 Å². The van der Waals surface area contributed by atoms with E-state index < -0.39 is 11.6 Å². The second-order valence-electron chi connectivity index (χ2n) is 3.66. The number of esters is 1. The number of methoxy groups -OCH3 is 1. The quantitative estimate of drug-likeness (QED) is 0.641. The molecule has 2 rings (SSSR count). The van der Waals surface area contributed by atoms with Gasteiger partial charge in [-0.2, -0.15) is 0 Å². The van der Waals surface area contributed by atoms with Gasteiger partial charge in [-0.1, -0.05) is 15.9 Å². The first kappa shape index (κ1) is 13.6. The highest BCUT2D eigenvalue weighted by molar-refractivity contribution is 9.10. The molecule has 0 aliphatic heterocycles. The summed E-state index contributed by atoms with van der Waals surface area (Å²) in [5.41, 5.74) is -0.597. The SMILES string of the molecule is CCOC(=O)c1cc2c(Br)ccc(OC)c2oc1=O. The summed E-state index contributed by atoms with van der Waals surface area (Å²) in [5, 5.41) is 0.571. The normalized spacial score (nSPS) is 10.5. The summed E-state index contributed by atoms with van der Waals surface area (Å²) in [6.07, 6.45) is 0. The Bertz CT molecular complexity index is 689. The molecule has 0 N–H and O–H groups in total. The summed E-state index contributed by atoms with van der Waals surface area (Å²) in [4.78, 5) is 23.4. The molecule has 1 aromatic heterocycles. The lowest BCUT2D eigenvalue weighted by atomic mass is 10.2. The lowest BCUT2D eigenvalue weighted by Crippen LogP contribution is -2.16. The molecule has 0 aliphatic carbocycles. The average molecular weight is 327 g/mol. The number of carbonyl (C=O) groups excluding carboxylic acids is 1. The van der Waals surface area contributed by atoms with Crippen LogP contribution < -0.4 is 10.4 Å². The molecule has 0 saturated carbocycles. The van der Waals surface area contributed by atoms with Gasteiger partial charge in [0.05, 0.1) is 13.7 Å². The Labute approximate surface area is 117 Å². The largest absolute Gasteiger partial charge is 0.493 e. The molecule has 100 valence electrons. The van der Waals surface area contributed by atoms with Crippen LogP contribution in [0.2, 0.25) is 0 Å². The van der Waals surface area contributed by atoms with E-state index in [2.05, 4.69) is 15.9 Å². The van der Waals surface area contributed by atoms with Gasteiger partial charge < -0.3 is 13.9 Å². The van der Waals surface area contributed by atoms with Crippen molar-refractivity contribution in [1.29, 1.82) is 0 Å². The van der Waals surface area contributed by atoms with E-state index in [1.807, 2.05) is 0 Å². The van der Waals surface area contributed by atoms with E-state index in [4.69, 9.17) is 13.9 Å². The molecule has 0 aliphatic rings. The van der Waals surface area contributed by atoms with Crippen LogP contribution >= 0.6 is 15.9 Å². The van der Waals surface area contributed by atoms with Gasteiger partial charge in [0.2, 0.25) is 0 Å². The first-order valence-corrected chi connectivity index (χ1v) is 6.35. The predicted molar refractivity (Wildman–Crippen MR) is 72.7 cm³/mol. The minimum absolute atomic E-state index is 0.136. The van der Waals surface area contributed by atoms with Gasteiger partial charge in [0.1, 0.15) is 5.56 Å². The zero-order valence-electron chi connectivity index (χ0n) is 10.4. The second kappa shape index (κ2) is 5.44. The van der Waals surface area contributed by atoms with Gasteiger partial charge in [-0.25, -0.2) is 9.59 Å². The maximum Gasteiger partial charge on any atom is 0.351 e. The molecule has 0 bridgehead atoms. The fourth-order valence-electron chi connectivity index (χ4n) is 1.66. The summed E-state index contributed by atoms with van der Waals surface area (Å²) in [5.74, 6) is -0.279. The number of halogens is 1. The third kappa shape index (κ3) is 2.49. The average Bonchev–Trinajstić information content (AvgIpc) is 2.39. The monoisotopic (exact) mass is 326 g/mol. The minimum Gasteiger partial charge on any atom is -0.493 e. The molecule has 0 amide bonds. The fourth-order valence-corrected chi connectivity index (χ4v) is 2.08. The standard InChI is InChI=1S/C13H11BrO5/c1-3-18-12(15)8-6-7-9(14)4-5-10(17-2)11(7)19-13(8)16/h4-6H,3H2,1-2H3. The van der Waals surface area contributed by atoms with Crippen LogP contribution in [0.1, 0.15) is 17.3 Å². The molecule has 0 radical (unpaired) electrons. The van der Waals surface area contributed by atoms with E-state index in [9.17, 15) is 9.59 Å². The van der Waals surface area contributed by atoms with Crippen LogP contribution in [0.4, 0.5) is 0 Å². The van der Waals surface area contributed by atoms with Crippen molar-refractivity contribution in [2.24, 2.45) is 0 Å². The molecular formula is C13H11BrO5. The molecule has 0 atom stereocenters. The summed E-state index contributed by atoms with van der Waals surface area (Å²) in [6, 6.07) is 4.85. The van der Waals surface area contributed by atoms with Crippen molar-refractivity contribution in [3.8, 4) is 5.75 Å². The van der Waals surface area contributed by atoms with Gasteiger partial charge >= 0.3 is 11.6 Å². The minimum atomic E-state index is -0.748. The van der Waals surface area contributed by atoms with E-state index in [0.29, 0.717) is 15.6 Å². The number of carbonyl (C=O) groups is 1. The first-order chi connectivity index (χ1) is 9.08. The second-order valence-corrected chi connectivity index (χ2v) is 4.51. The van der Waals surface area contributed by atoms with Crippen LogP contribution in [-0.4, -0.2) is 19.7 Å². The van der Waals surface area contributed by atoms with Crippen LogP contribution in [0, 0.1) is 0 Å². The molecule has 19 heavy (non-hydrogen) atoms. The van der Waals surface area contributed by atoms with E-state index >= 15 is 0 Å².